The summed E-state index contributed by atoms with van der Waals surface area (Å²) < 4.78 is 10.9. The summed E-state index contributed by atoms with van der Waals surface area (Å²) in [7, 11) is 3.15. The van der Waals surface area contributed by atoms with Crippen molar-refractivity contribution in [1.29, 1.82) is 0 Å². The maximum absolute atomic E-state index is 13.9. The second kappa shape index (κ2) is 12.8. The number of anilines is 2. The molecule has 0 bridgehead atoms. The largest absolute Gasteiger partial charge is 0.493 e. The van der Waals surface area contributed by atoms with Crippen LogP contribution in [0.15, 0.2) is 66.7 Å². The number of benzene rings is 3. The third kappa shape index (κ3) is 6.22. The first-order chi connectivity index (χ1) is 20.4. The van der Waals surface area contributed by atoms with Crippen molar-refractivity contribution in [2.24, 2.45) is 5.41 Å². The summed E-state index contributed by atoms with van der Waals surface area (Å²) in [6.45, 7) is 1.41. The van der Waals surface area contributed by atoms with Crippen molar-refractivity contribution in [3.8, 4) is 11.5 Å². The molecule has 10 heteroatoms. The summed E-state index contributed by atoms with van der Waals surface area (Å²) >= 11 is 6.04. The number of piperidine rings is 1. The molecule has 9 nitrogen and oxygen atoms in total. The van der Waals surface area contributed by atoms with Gasteiger partial charge in [0.05, 0.1) is 31.8 Å². The van der Waals surface area contributed by atoms with Crippen molar-refractivity contribution < 1.29 is 19.4 Å². The van der Waals surface area contributed by atoms with Crippen LogP contribution in [-0.2, 0) is 11.2 Å². The minimum atomic E-state index is -0.628. The van der Waals surface area contributed by atoms with Crippen molar-refractivity contribution in [3.05, 3.63) is 82.9 Å². The smallest absolute Gasteiger partial charge is 0.227 e. The van der Waals surface area contributed by atoms with Crippen molar-refractivity contribution in [2.45, 2.75) is 25.2 Å². The Balaban J connectivity index is 1.36. The van der Waals surface area contributed by atoms with Gasteiger partial charge in [-0.25, -0.2) is 4.98 Å². The number of nitrogens with one attached hydrogen (secondary N) is 1. The molecule has 1 unspecified atom stereocenters. The van der Waals surface area contributed by atoms with E-state index in [0.29, 0.717) is 78.1 Å². The normalized spacial score (nSPS) is 15.3. The van der Waals surface area contributed by atoms with Crippen LogP contribution in [0, 0.1) is 5.41 Å². The molecule has 1 atom stereocenters. The Morgan fingerprint density at radius 1 is 1.05 bits per heavy atom. The average molecular weight is 590 g/mol. The first-order valence-corrected chi connectivity index (χ1v) is 14.4. The van der Waals surface area contributed by atoms with Crippen LogP contribution in [0.3, 0.4) is 0 Å². The first-order valence-electron chi connectivity index (χ1n) is 14.0. The number of methoxy groups -OCH3 is 2. The highest BCUT2D eigenvalue weighted by Gasteiger charge is 2.42. The lowest BCUT2D eigenvalue weighted by molar-refractivity contribution is -0.132. The molecule has 1 amide bonds. The Bertz CT molecular complexity index is 1530. The van der Waals surface area contributed by atoms with Crippen molar-refractivity contribution in [3.63, 3.8) is 0 Å². The standard InChI is InChI=1S/C32H36ClN5O4/c1-41-27-16-25-26(17-28(27)42-2)36-31(37-29(25)34)38-14-12-32(13-15-38,18-21-6-4-3-5-7-21)30(40)35-19-23(20-39)22-8-10-24(33)11-9-22/h3-11,16-17,23,39H,12-15,18-20H2,1-2H3,(H,35,40)(H2,34,36,37). The number of aromatic nitrogens is 2. The predicted octanol–water partition coefficient (Wildman–Crippen LogP) is 4.60. The lowest BCUT2D eigenvalue weighted by Crippen LogP contribution is -2.51. The summed E-state index contributed by atoms with van der Waals surface area (Å²) in [6.07, 6.45) is 1.81. The highest BCUT2D eigenvalue weighted by atomic mass is 35.5. The number of aliphatic hydroxyl groups is 1. The molecule has 1 aromatic heterocycles. The molecule has 4 N–H and O–H groups in total. The third-order valence-electron chi connectivity index (χ3n) is 8.16. The number of amides is 1. The number of nitrogen functional groups attached to an aromatic ring is 1. The summed E-state index contributed by atoms with van der Waals surface area (Å²) in [5.41, 5.74) is 8.41. The number of hydrogen-bond donors (Lipinski definition) is 3. The first kappa shape index (κ1) is 29.4. The van der Waals surface area contributed by atoms with E-state index in [9.17, 15) is 9.90 Å². The molecule has 0 spiro atoms. The molecule has 42 heavy (non-hydrogen) atoms. The summed E-state index contributed by atoms with van der Waals surface area (Å²) in [4.78, 5) is 25.4. The number of hydrogen-bond acceptors (Lipinski definition) is 8. The van der Waals surface area contributed by atoms with Gasteiger partial charge in [0, 0.05) is 42.0 Å². The van der Waals surface area contributed by atoms with E-state index < -0.39 is 5.41 Å². The number of carbonyl (C=O) groups excluding carboxylic acids is 1. The van der Waals surface area contributed by atoms with Crippen molar-refractivity contribution in [1.82, 2.24) is 15.3 Å². The van der Waals surface area contributed by atoms with E-state index >= 15 is 0 Å². The number of aliphatic hydroxyl groups excluding tert-OH is 1. The number of ether oxygens (including phenoxy) is 2. The van der Waals surface area contributed by atoms with Crippen LogP contribution in [-0.4, -0.2) is 61.4 Å². The van der Waals surface area contributed by atoms with Gasteiger partial charge in [-0.05, 0) is 48.6 Å². The van der Waals surface area contributed by atoms with Gasteiger partial charge >= 0.3 is 0 Å². The average Bonchev–Trinajstić information content (AvgIpc) is 3.02. The summed E-state index contributed by atoms with van der Waals surface area (Å²) in [5.74, 6) is 1.74. The summed E-state index contributed by atoms with van der Waals surface area (Å²) in [6, 6.07) is 21.0. The topological polar surface area (TPSA) is 123 Å². The molecule has 0 aliphatic carbocycles. The van der Waals surface area contributed by atoms with Crippen LogP contribution in [0.1, 0.15) is 29.9 Å². The molecule has 1 aliphatic rings. The zero-order chi connectivity index (χ0) is 29.7. The molecule has 3 aromatic carbocycles. The van der Waals surface area contributed by atoms with Gasteiger partial charge in [-0.1, -0.05) is 54.1 Å². The second-order valence-corrected chi connectivity index (χ2v) is 11.1. The number of halogens is 1. The van der Waals surface area contributed by atoms with E-state index in [4.69, 9.17) is 31.8 Å². The lowest BCUT2D eigenvalue weighted by atomic mass is 9.73. The molecule has 1 aliphatic heterocycles. The Morgan fingerprint density at radius 2 is 1.71 bits per heavy atom. The minimum absolute atomic E-state index is 0.0193. The molecule has 0 saturated carbocycles. The monoisotopic (exact) mass is 589 g/mol. The molecule has 0 radical (unpaired) electrons. The van der Waals surface area contributed by atoms with Gasteiger partial charge in [0.25, 0.3) is 0 Å². The molecule has 2 heterocycles. The Kier molecular flexibility index (Phi) is 8.99. The zero-order valence-electron chi connectivity index (χ0n) is 23.8. The van der Waals surface area contributed by atoms with Gasteiger partial charge in [0.2, 0.25) is 11.9 Å². The minimum Gasteiger partial charge on any atom is -0.493 e. The molecule has 5 rings (SSSR count). The van der Waals surface area contributed by atoms with Crippen LogP contribution in [0.2, 0.25) is 5.02 Å². The van der Waals surface area contributed by atoms with E-state index in [0.717, 1.165) is 11.1 Å². The van der Waals surface area contributed by atoms with E-state index in [1.165, 1.54) is 0 Å². The van der Waals surface area contributed by atoms with Gasteiger partial charge in [0.1, 0.15) is 5.82 Å². The molecule has 220 valence electrons. The Morgan fingerprint density at radius 3 is 2.36 bits per heavy atom. The van der Waals surface area contributed by atoms with Crippen molar-refractivity contribution in [2.75, 3.05) is 51.1 Å². The highest BCUT2D eigenvalue weighted by molar-refractivity contribution is 6.30. The maximum Gasteiger partial charge on any atom is 0.227 e. The van der Waals surface area contributed by atoms with Crippen LogP contribution in [0.4, 0.5) is 11.8 Å². The van der Waals surface area contributed by atoms with Crippen molar-refractivity contribution >= 4 is 40.2 Å². The quantitative estimate of drug-likeness (QED) is 0.245. The van der Waals surface area contributed by atoms with E-state index in [2.05, 4.69) is 27.3 Å². The van der Waals surface area contributed by atoms with Gasteiger partial charge in [-0.3, -0.25) is 4.79 Å². The number of nitrogens with zero attached hydrogens (tertiary/aromatic N) is 3. The van der Waals surface area contributed by atoms with E-state index in [1.807, 2.05) is 30.3 Å². The lowest BCUT2D eigenvalue weighted by Gasteiger charge is -2.41. The van der Waals surface area contributed by atoms with E-state index in [1.54, 1.807) is 38.5 Å². The molecule has 1 saturated heterocycles. The number of rotatable bonds is 10. The third-order valence-corrected chi connectivity index (χ3v) is 8.41. The zero-order valence-corrected chi connectivity index (χ0v) is 24.6. The fourth-order valence-electron chi connectivity index (χ4n) is 5.64. The van der Waals surface area contributed by atoms with Gasteiger partial charge in [-0.2, -0.15) is 4.98 Å². The molecular formula is C32H36ClN5O4. The molecule has 1 fully saturated rings. The van der Waals surface area contributed by atoms with Crippen LogP contribution in [0.5, 0.6) is 11.5 Å². The predicted molar refractivity (Wildman–Crippen MR) is 165 cm³/mol. The van der Waals surface area contributed by atoms with Crippen LogP contribution in [0.25, 0.3) is 10.9 Å². The fraction of sp³-hybridized carbons (Fsp3) is 0.344. The molecule has 4 aromatic rings. The number of fused-ring (bicyclic) bond motifs is 1. The number of carbonyl (C=O) groups is 1. The van der Waals surface area contributed by atoms with Gasteiger partial charge in [-0.15, -0.1) is 0 Å². The Labute approximate surface area is 250 Å². The van der Waals surface area contributed by atoms with E-state index in [-0.39, 0.29) is 18.4 Å². The molecular weight excluding hydrogens is 554 g/mol. The van der Waals surface area contributed by atoms with Crippen LogP contribution < -0.4 is 25.4 Å². The fourth-order valence-corrected chi connectivity index (χ4v) is 5.77. The number of nitrogens with two attached hydrogens (primary N) is 1. The Hall–Kier alpha value is -4.08. The second-order valence-electron chi connectivity index (χ2n) is 10.7. The van der Waals surface area contributed by atoms with Gasteiger partial charge in [0.15, 0.2) is 11.5 Å². The summed E-state index contributed by atoms with van der Waals surface area (Å²) in [5, 5.41) is 14.5. The SMILES string of the molecule is COc1cc2nc(N3CCC(Cc4ccccc4)(C(=O)NCC(CO)c4ccc(Cl)cc4)CC3)nc(N)c2cc1OC. The maximum atomic E-state index is 13.9. The highest BCUT2D eigenvalue weighted by Crippen LogP contribution is 2.38. The van der Waals surface area contributed by atoms with Gasteiger partial charge < -0.3 is 30.5 Å². The van der Waals surface area contributed by atoms with Crippen LogP contribution >= 0.6 is 11.6 Å².